The zero-order valence-electron chi connectivity index (χ0n) is 18.8. The number of amides is 1. The summed E-state index contributed by atoms with van der Waals surface area (Å²) >= 11 is 0. The average Bonchev–Trinajstić information content (AvgIpc) is 2.76. The zero-order chi connectivity index (χ0) is 23.3. The van der Waals surface area contributed by atoms with E-state index >= 15 is 0 Å². The molecule has 0 aliphatic carbocycles. The Hall–Kier alpha value is -3.44. The lowest BCUT2D eigenvalue weighted by Crippen LogP contribution is -2.11. The molecule has 2 aromatic carbocycles. The van der Waals surface area contributed by atoms with Gasteiger partial charge in [-0.2, -0.15) is 4.98 Å². The number of hydrogen-bond donors (Lipinski definition) is 3. The first kappa shape index (κ1) is 23.2. The van der Waals surface area contributed by atoms with Crippen LogP contribution in [-0.4, -0.2) is 29.2 Å². The summed E-state index contributed by atoms with van der Waals surface area (Å²) in [5, 5.41) is 10.1. The molecule has 0 bridgehead atoms. The van der Waals surface area contributed by atoms with E-state index in [4.69, 9.17) is 0 Å². The van der Waals surface area contributed by atoms with Crippen molar-refractivity contribution in [1.82, 2.24) is 9.97 Å². The predicted molar refractivity (Wildman–Crippen MR) is 134 cm³/mol. The van der Waals surface area contributed by atoms with E-state index < -0.39 is 7.14 Å². The molecule has 32 heavy (non-hydrogen) atoms. The number of nitrogens with one attached hydrogen (secondary N) is 3. The van der Waals surface area contributed by atoms with Crippen LogP contribution in [0.4, 0.5) is 28.8 Å². The lowest BCUT2D eigenvalue weighted by molar-refractivity contribution is -0.111. The third-order valence-corrected chi connectivity index (χ3v) is 6.45. The number of carbonyl (C=O) groups excluding carboxylic acids is 1. The molecule has 0 saturated carbocycles. The number of nitrogens with zero attached hydrogens (tertiary/aromatic N) is 2. The van der Waals surface area contributed by atoms with Crippen molar-refractivity contribution >= 4 is 47.2 Å². The van der Waals surface area contributed by atoms with Crippen molar-refractivity contribution in [3.05, 3.63) is 72.4 Å². The maximum absolute atomic E-state index is 12.7. The van der Waals surface area contributed by atoms with Crippen molar-refractivity contribution in [3.63, 3.8) is 0 Å². The van der Waals surface area contributed by atoms with Crippen molar-refractivity contribution in [2.45, 2.75) is 20.3 Å². The molecule has 0 aliphatic rings. The van der Waals surface area contributed by atoms with Crippen LogP contribution in [0.15, 0.2) is 61.3 Å². The number of para-hydroxylation sites is 1. The van der Waals surface area contributed by atoms with Crippen LogP contribution in [0.25, 0.3) is 0 Å². The first-order valence-electron chi connectivity index (χ1n) is 10.3. The average molecular weight is 449 g/mol. The van der Waals surface area contributed by atoms with Gasteiger partial charge in [0.05, 0.1) is 5.69 Å². The fourth-order valence-corrected chi connectivity index (χ4v) is 4.35. The minimum atomic E-state index is -2.47. The van der Waals surface area contributed by atoms with E-state index in [2.05, 4.69) is 39.4 Å². The van der Waals surface area contributed by atoms with Crippen LogP contribution in [-0.2, 0) is 15.8 Å². The summed E-state index contributed by atoms with van der Waals surface area (Å²) in [5.41, 5.74) is 4.13. The number of anilines is 5. The molecule has 3 rings (SSSR count). The van der Waals surface area contributed by atoms with E-state index in [1.165, 1.54) is 6.08 Å². The summed E-state index contributed by atoms with van der Waals surface area (Å²) in [6.45, 7) is 10.9. The van der Waals surface area contributed by atoms with Gasteiger partial charge in [0.25, 0.3) is 0 Å². The molecule has 166 valence electrons. The molecule has 0 spiro atoms. The van der Waals surface area contributed by atoms with E-state index in [0.29, 0.717) is 17.5 Å². The first-order valence-corrected chi connectivity index (χ1v) is 12.9. The molecule has 7 nitrogen and oxygen atoms in total. The van der Waals surface area contributed by atoms with E-state index in [1.807, 2.05) is 49.4 Å². The van der Waals surface area contributed by atoms with Gasteiger partial charge in [-0.05, 0) is 62.6 Å². The van der Waals surface area contributed by atoms with Crippen molar-refractivity contribution in [2.24, 2.45) is 0 Å². The largest absolute Gasteiger partial charge is 0.339 e. The Bertz CT molecular complexity index is 1200. The van der Waals surface area contributed by atoms with Crippen LogP contribution in [0, 0.1) is 6.92 Å². The molecule has 1 amide bonds. The zero-order valence-corrected chi connectivity index (χ0v) is 19.7. The minimum Gasteiger partial charge on any atom is -0.339 e. The highest BCUT2D eigenvalue weighted by Crippen LogP contribution is 2.38. The van der Waals surface area contributed by atoms with E-state index in [-0.39, 0.29) is 5.91 Å². The minimum absolute atomic E-state index is 0.277. The summed E-state index contributed by atoms with van der Waals surface area (Å²) in [7, 11) is -2.47. The quantitative estimate of drug-likeness (QED) is 0.323. The van der Waals surface area contributed by atoms with Gasteiger partial charge >= 0.3 is 0 Å². The summed E-state index contributed by atoms with van der Waals surface area (Å²) in [4.78, 5) is 20.7. The van der Waals surface area contributed by atoms with Crippen molar-refractivity contribution in [1.29, 1.82) is 0 Å². The summed E-state index contributed by atoms with van der Waals surface area (Å²) in [6, 6.07) is 13.2. The van der Waals surface area contributed by atoms with Crippen molar-refractivity contribution in [3.8, 4) is 0 Å². The molecule has 8 heteroatoms. The van der Waals surface area contributed by atoms with Crippen LogP contribution in [0.2, 0.25) is 0 Å². The summed E-state index contributed by atoms with van der Waals surface area (Å²) in [6.07, 6.45) is 3.75. The number of aromatic nitrogens is 2. The first-order chi connectivity index (χ1) is 15.2. The van der Waals surface area contributed by atoms with Gasteiger partial charge in [0, 0.05) is 28.4 Å². The van der Waals surface area contributed by atoms with Gasteiger partial charge in [-0.3, -0.25) is 4.79 Å². The highest BCUT2D eigenvalue weighted by Gasteiger charge is 2.17. The number of benzene rings is 2. The van der Waals surface area contributed by atoms with Gasteiger partial charge in [-0.25, -0.2) is 4.98 Å². The lowest BCUT2D eigenvalue weighted by atomic mass is 10.1. The SMILES string of the molecule is C=CC(=O)Nc1ccc(CC)c(Nc2ncc(C)c(Nc3ccccc3P(C)(C)=O)n2)c1. The number of aryl methyl sites for hydroxylation is 2. The highest BCUT2D eigenvalue weighted by molar-refractivity contribution is 7.70. The molecule has 1 heterocycles. The molecule has 0 fully saturated rings. The fourth-order valence-electron chi connectivity index (χ4n) is 3.20. The molecule has 0 radical (unpaired) electrons. The van der Waals surface area contributed by atoms with Gasteiger partial charge in [-0.1, -0.05) is 31.7 Å². The van der Waals surface area contributed by atoms with Crippen LogP contribution in [0.1, 0.15) is 18.1 Å². The smallest absolute Gasteiger partial charge is 0.247 e. The Morgan fingerprint density at radius 1 is 1.12 bits per heavy atom. The molecule has 3 aromatic rings. The lowest BCUT2D eigenvalue weighted by Gasteiger charge is -2.17. The second-order valence-electron chi connectivity index (χ2n) is 7.76. The van der Waals surface area contributed by atoms with E-state index in [9.17, 15) is 9.36 Å². The molecule has 0 atom stereocenters. The van der Waals surface area contributed by atoms with Crippen LogP contribution < -0.4 is 21.3 Å². The Morgan fingerprint density at radius 2 is 1.88 bits per heavy atom. The number of hydrogen-bond acceptors (Lipinski definition) is 6. The van der Waals surface area contributed by atoms with Crippen LogP contribution in [0.3, 0.4) is 0 Å². The monoisotopic (exact) mass is 449 g/mol. The molecule has 3 N–H and O–H groups in total. The third-order valence-electron chi connectivity index (χ3n) is 4.90. The van der Waals surface area contributed by atoms with E-state index in [1.54, 1.807) is 19.5 Å². The molecule has 0 saturated heterocycles. The van der Waals surface area contributed by atoms with Crippen LogP contribution in [0.5, 0.6) is 0 Å². The van der Waals surface area contributed by atoms with Gasteiger partial charge in [0.15, 0.2) is 0 Å². The van der Waals surface area contributed by atoms with Crippen LogP contribution >= 0.6 is 7.14 Å². The Kier molecular flexibility index (Phi) is 7.11. The normalized spacial score (nSPS) is 11.0. The topological polar surface area (TPSA) is 96.0 Å². The third kappa shape index (κ3) is 5.62. The maximum atomic E-state index is 12.7. The van der Waals surface area contributed by atoms with Crippen molar-refractivity contribution < 1.29 is 9.36 Å². The number of carbonyl (C=O) groups is 1. The molecule has 1 aromatic heterocycles. The highest BCUT2D eigenvalue weighted by atomic mass is 31.2. The Labute approximate surface area is 188 Å². The Balaban J connectivity index is 1.92. The number of rotatable bonds is 8. The fraction of sp³-hybridized carbons (Fsp3) is 0.208. The van der Waals surface area contributed by atoms with Gasteiger partial charge in [0.1, 0.15) is 13.0 Å². The summed E-state index contributed by atoms with van der Waals surface area (Å²) in [5.74, 6) is 0.757. The van der Waals surface area contributed by atoms with E-state index in [0.717, 1.165) is 34.2 Å². The summed E-state index contributed by atoms with van der Waals surface area (Å²) < 4.78 is 12.7. The van der Waals surface area contributed by atoms with Gasteiger partial charge < -0.3 is 20.5 Å². The molecule has 0 aliphatic heterocycles. The molecular weight excluding hydrogens is 421 g/mol. The Morgan fingerprint density at radius 3 is 2.56 bits per heavy atom. The molecular formula is C24H28N5O2P. The molecule has 0 unspecified atom stereocenters. The van der Waals surface area contributed by atoms with Gasteiger partial charge in [-0.15, -0.1) is 0 Å². The second-order valence-corrected chi connectivity index (χ2v) is 10.9. The van der Waals surface area contributed by atoms with Crippen molar-refractivity contribution in [2.75, 3.05) is 29.3 Å². The standard InChI is InChI=1S/C24H28N5O2P/c1-6-17-12-13-18(26-22(30)7-2)14-20(17)28-24-25-15-16(3)23(29-24)27-19-10-8-9-11-21(19)32(4,5)31/h7-15H,2,6H2,1,3-5H3,(H,26,30)(H2,25,27,28,29). The second kappa shape index (κ2) is 9.79. The van der Waals surface area contributed by atoms with Gasteiger partial charge in [0.2, 0.25) is 11.9 Å². The maximum Gasteiger partial charge on any atom is 0.247 e. The predicted octanol–water partition coefficient (Wildman–Crippen LogP) is 5.21.